The Labute approximate surface area is 120 Å². The van der Waals surface area contributed by atoms with Crippen LogP contribution in [-0.2, 0) is 14.8 Å². The first-order valence-corrected chi connectivity index (χ1v) is 8.76. The largest absolute Gasteiger partial charge is 0.481 e. The van der Waals surface area contributed by atoms with E-state index in [-0.39, 0.29) is 6.04 Å². The van der Waals surface area contributed by atoms with Crippen LogP contribution in [-0.4, -0.2) is 66.7 Å². The maximum atomic E-state index is 12.8. The first-order valence-electron chi connectivity index (χ1n) is 7.26. The van der Waals surface area contributed by atoms with Crippen LogP contribution in [0.25, 0.3) is 0 Å². The van der Waals surface area contributed by atoms with Crippen molar-refractivity contribution >= 4 is 16.0 Å². The number of carboxylic acid groups (broad SMARTS) is 1. The average Bonchev–Trinajstić information content (AvgIpc) is 2.77. The van der Waals surface area contributed by atoms with E-state index in [1.54, 1.807) is 4.31 Å². The third-order valence-corrected chi connectivity index (χ3v) is 6.99. The van der Waals surface area contributed by atoms with Crippen molar-refractivity contribution in [1.29, 1.82) is 0 Å². The molecule has 2 fully saturated rings. The zero-order valence-corrected chi connectivity index (χ0v) is 13.0. The Balaban J connectivity index is 2.22. The van der Waals surface area contributed by atoms with E-state index >= 15 is 0 Å². The third kappa shape index (κ3) is 2.99. The predicted octanol–water partition coefficient (Wildman–Crippen LogP) is 0.596. The molecule has 0 spiro atoms. The number of likely N-dealkylation sites (N-methyl/N-ethyl adjacent to an activating group) is 1. The second-order valence-electron chi connectivity index (χ2n) is 6.03. The molecule has 0 radical (unpaired) electrons. The molecule has 1 aliphatic carbocycles. The maximum absolute atomic E-state index is 12.8. The molecule has 6 nitrogen and oxygen atoms in total. The lowest BCUT2D eigenvalue weighted by Gasteiger charge is -2.31. The SMILES string of the molecule is CC1CN(C)CCCN1S(=O)(=O)C1CCCC1C(=O)O. The molecule has 0 bridgehead atoms. The number of hydrogen-bond acceptors (Lipinski definition) is 4. The van der Waals surface area contributed by atoms with Gasteiger partial charge in [0, 0.05) is 19.1 Å². The lowest BCUT2D eigenvalue weighted by Crippen LogP contribution is -2.48. The van der Waals surface area contributed by atoms with Crippen LogP contribution in [0, 0.1) is 5.92 Å². The first-order chi connectivity index (χ1) is 9.34. The van der Waals surface area contributed by atoms with E-state index in [9.17, 15) is 18.3 Å². The van der Waals surface area contributed by atoms with Crippen LogP contribution in [0.3, 0.4) is 0 Å². The molecule has 2 aliphatic rings. The Bertz CT molecular complexity index is 465. The van der Waals surface area contributed by atoms with E-state index in [2.05, 4.69) is 4.90 Å². The minimum atomic E-state index is -3.53. The van der Waals surface area contributed by atoms with Crippen LogP contribution < -0.4 is 0 Å². The highest BCUT2D eigenvalue weighted by Crippen LogP contribution is 2.34. The van der Waals surface area contributed by atoms with Gasteiger partial charge in [0.1, 0.15) is 0 Å². The van der Waals surface area contributed by atoms with Crippen LogP contribution in [0.2, 0.25) is 0 Å². The highest BCUT2D eigenvalue weighted by Gasteiger charge is 2.45. The Morgan fingerprint density at radius 3 is 2.55 bits per heavy atom. The number of carbonyl (C=O) groups is 1. The summed E-state index contributed by atoms with van der Waals surface area (Å²) in [5.74, 6) is -1.72. The van der Waals surface area contributed by atoms with Gasteiger partial charge in [0.15, 0.2) is 0 Å². The van der Waals surface area contributed by atoms with Crippen LogP contribution in [0.4, 0.5) is 0 Å². The highest BCUT2D eigenvalue weighted by molar-refractivity contribution is 7.89. The van der Waals surface area contributed by atoms with Crippen molar-refractivity contribution in [2.75, 3.05) is 26.7 Å². The van der Waals surface area contributed by atoms with Gasteiger partial charge in [0.25, 0.3) is 0 Å². The average molecular weight is 304 g/mol. The smallest absolute Gasteiger partial charge is 0.307 e. The number of carboxylic acids is 1. The van der Waals surface area contributed by atoms with Gasteiger partial charge in [0.2, 0.25) is 10.0 Å². The molecule has 0 aromatic heterocycles. The lowest BCUT2D eigenvalue weighted by atomic mass is 10.1. The van der Waals surface area contributed by atoms with Crippen molar-refractivity contribution in [1.82, 2.24) is 9.21 Å². The molecule has 116 valence electrons. The van der Waals surface area contributed by atoms with Gasteiger partial charge in [-0.3, -0.25) is 4.79 Å². The van der Waals surface area contributed by atoms with Gasteiger partial charge in [-0.2, -0.15) is 4.31 Å². The Morgan fingerprint density at radius 1 is 1.20 bits per heavy atom. The Morgan fingerprint density at radius 2 is 1.90 bits per heavy atom. The van der Waals surface area contributed by atoms with Gasteiger partial charge < -0.3 is 10.0 Å². The highest BCUT2D eigenvalue weighted by atomic mass is 32.2. The van der Waals surface area contributed by atoms with Gasteiger partial charge in [-0.1, -0.05) is 6.42 Å². The quantitative estimate of drug-likeness (QED) is 0.826. The summed E-state index contributed by atoms with van der Waals surface area (Å²) in [5, 5.41) is 8.47. The number of aliphatic carboxylic acids is 1. The summed E-state index contributed by atoms with van der Waals surface area (Å²) in [6.45, 7) is 3.98. The normalized spacial score (nSPS) is 34.0. The van der Waals surface area contributed by atoms with Gasteiger partial charge in [-0.25, -0.2) is 8.42 Å². The molecule has 20 heavy (non-hydrogen) atoms. The molecule has 1 saturated carbocycles. The molecule has 3 atom stereocenters. The third-order valence-electron chi connectivity index (χ3n) is 4.47. The number of hydrogen-bond donors (Lipinski definition) is 1. The topological polar surface area (TPSA) is 77.9 Å². The molecule has 2 rings (SSSR count). The minimum absolute atomic E-state index is 0.0949. The molecule has 1 saturated heterocycles. The molecule has 0 amide bonds. The number of nitrogens with zero attached hydrogens (tertiary/aromatic N) is 2. The fourth-order valence-corrected chi connectivity index (χ4v) is 5.90. The van der Waals surface area contributed by atoms with Crippen molar-refractivity contribution < 1.29 is 18.3 Å². The monoisotopic (exact) mass is 304 g/mol. The summed E-state index contributed by atoms with van der Waals surface area (Å²) >= 11 is 0. The van der Waals surface area contributed by atoms with Gasteiger partial charge >= 0.3 is 5.97 Å². The summed E-state index contributed by atoms with van der Waals surface area (Å²) in [4.78, 5) is 13.4. The van der Waals surface area contributed by atoms with Gasteiger partial charge in [0.05, 0.1) is 11.2 Å². The van der Waals surface area contributed by atoms with Crippen molar-refractivity contribution in [3.63, 3.8) is 0 Å². The number of rotatable bonds is 3. The van der Waals surface area contributed by atoms with Crippen molar-refractivity contribution in [3.8, 4) is 0 Å². The molecule has 1 N–H and O–H groups in total. The zero-order chi connectivity index (χ0) is 14.9. The van der Waals surface area contributed by atoms with E-state index in [1.807, 2.05) is 14.0 Å². The predicted molar refractivity (Wildman–Crippen MR) is 76.0 cm³/mol. The van der Waals surface area contributed by atoms with Crippen LogP contribution >= 0.6 is 0 Å². The van der Waals surface area contributed by atoms with E-state index in [4.69, 9.17) is 0 Å². The first kappa shape index (κ1) is 15.7. The molecule has 0 aromatic rings. The van der Waals surface area contributed by atoms with Gasteiger partial charge in [-0.05, 0) is 39.8 Å². The van der Waals surface area contributed by atoms with E-state index in [1.165, 1.54) is 0 Å². The van der Waals surface area contributed by atoms with Crippen molar-refractivity contribution in [2.24, 2.45) is 5.92 Å². The second-order valence-corrected chi connectivity index (χ2v) is 8.14. The minimum Gasteiger partial charge on any atom is -0.481 e. The maximum Gasteiger partial charge on any atom is 0.307 e. The summed E-state index contributed by atoms with van der Waals surface area (Å²) in [5.41, 5.74) is 0. The second kappa shape index (κ2) is 5.99. The lowest BCUT2D eigenvalue weighted by molar-refractivity contribution is -0.141. The Kier molecular flexibility index (Phi) is 4.71. The Hall–Kier alpha value is -0.660. The molecular weight excluding hydrogens is 280 g/mol. The number of sulfonamides is 1. The van der Waals surface area contributed by atoms with Crippen LogP contribution in [0.1, 0.15) is 32.6 Å². The fourth-order valence-electron chi connectivity index (χ4n) is 3.47. The fraction of sp³-hybridized carbons (Fsp3) is 0.923. The molecule has 1 heterocycles. The standard InChI is InChI=1S/C13H24N2O4S/c1-10-9-14(2)7-4-8-15(10)20(18,19)12-6-3-5-11(12)13(16)17/h10-12H,3-9H2,1-2H3,(H,16,17). The van der Waals surface area contributed by atoms with Crippen LogP contribution in [0.5, 0.6) is 0 Å². The van der Waals surface area contributed by atoms with E-state index in [0.29, 0.717) is 32.4 Å². The summed E-state index contributed by atoms with van der Waals surface area (Å²) in [6, 6.07) is -0.0949. The van der Waals surface area contributed by atoms with E-state index in [0.717, 1.165) is 13.0 Å². The molecule has 3 unspecified atom stereocenters. The summed E-state index contributed by atoms with van der Waals surface area (Å²) in [6.07, 6.45) is 2.42. The van der Waals surface area contributed by atoms with Gasteiger partial charge in [-0.15, -0.1) is 0 Å². The van der Waals surface area contributed by atoms with E-state index < -0.39 is 27.2 Å². The molecule has 1 aliphatic heterocycles. The van der Waals surface area contributed by atoms with Crippen LogP contribution in [0.15, 0.2) is 0 Å². The molecule has 7 heteroatoms. The van der Waals surface area contributed by atoms with Crippen molar-refractivity contribution in [3.05, 3.63) is 0 Å². The zero-order valence-electron chi connectivity index (χ0n) is 12.2. The summed E-state index contributed by atoms with van der Waals surface area (Å²) in [7, 11) is -1.54. The summed E-state index contributed by atoms with van der Waals surface area (Å²) < 4.78 is 27.2. The molecular formula is C13H24N2O4S. The van der Waals surface area contributed by atoms with Crippen molar-refractivity contribution in [2.45, 2.75) is 43.9 Å². The molecule has 0 aromatic carbocycles.